The zero-order valence-corrected chi connectivity index (χ0v) is 17.1. The minimum Gasteiger partial charge on any atom is -0.502 e. The molecule has 0 unspecified atom stereocenters. The third-order valence-corrected chi connectivity index (χ3v) is 5.29. The number of benzene rings is 1. The van der Waals surface area contributed by atoms with Gasteiger partial charge in [-0.3, -0.25) is 24.5 Å². The van der Waals surface area contributed by atoms with E-state index in [4.69, 9.17) is 13.9 Å². The number of nitrogens with zero attached hydrogens (tertiary/aromatic N) is 3. The van der Waals surface area contributed by atoms with Crippen LogP contribution < -0.4 is 5.43 Å². The molecule has 0 aliphatic carbocycles. The van der Waals surface area contributed by atoms with E-state index in [9.17, 15) is 14.7 Å². The highest BCUT2D eigenvalue weighted by Crippen LogP contribution is 2.34. The number of hydrogen-bond acceptors (Lipinski definition) is 9. The van der Waals surface area contributed by atoms with Gasteiger partial charge in [0.1, 0.15) is 5.76 Å². The standard InChI is InChI=1S/C22H23N3O6/c1-29-20(27)12-16(14-2-3-17-18(10-14)24-5-4-23-17)22-21(28)19(26)11-15(31-22)13-25-6-8-30-9-7-25/h2-5,10-11,16,28H,6-9,12-13H2,1H3/t16-/m1/s1. The van der Waals surface area contributed by atoms with E-state index < -0.39 is 23.1 Å². The minimum atomic E-state index is -0.726. The summed E-state index contributed by atoms with van der Waals surface area (Å²) in [4.78, 5) is 35.3. The lowest BCUT2D eigenvalue weighted by Crippen LogP contribution is -2.35. The highest BCUT2D eigenvalue weighted by atomic mass is 16.5. The van der Waals surface area contributed by atoms with Crippen LogP contribution in [0.2, 0.25) is 0 Å². The Morgan fingerprint density at radius 3 is 2.68 bits per heavy atom. The van der Waals surface area contributed by atoms with Gasteiger partial charge < -0.3 is 19.0 Å². The number of aromatic nitrogens is 2. The quantitative estimate of drug-likeness (QED) is 0.591. The topological polar surface area (TPSA) is 115 Å². The first-order valence-corrected chi connectivity index (χ1v) is 9.98. The minimum absolute atomic E-state index is 0.0319. The molecule has 9 nitrogen and oxygen atoms in total. The second kappa shape index (κ2) is 9.23. The van der Waals surface area contributed by atoms with E-state index in [-0.39, 0.29) is 12.2 Å². The highest BCUT2D eigenvalue weighted by molar-refractivity contribution is 5.76. The van der Waals surface area contributed by atoms with Crippen LogP contribution in [0, 0.1) is 0 Å². The molecule has 0 radical (unpaired) electrons. The van der Waals surface area contributed by atoms with Crippen molar-refractivity contribution >= 4 is 17.0 Å². The molecule has 1 N–H and O–H groups in total. The first-order valence-electron chi connectivity index (χ1n) is 9.98. The zero-order valence-electron chi connectivity index (χ0n) is 17.1. The fourth-order valence-electron chi connectivity index (χ4n) is 3.66. The van der Waals surface area contributed by atoms with Crippen LogP contribution in [0.25, 0.3) is 11.0 Å². The lowest BCUT2D eigenvalue weighted by molar-refractivity contribution is -0.140. The molecule has 3 heterocycles. The normalized spacial score (nSPS) is 15.6. The first kappa shape index (κ1) is 21.0. The maximum Gasteiger partial charge on any atom is 0.306 e. The number of morpholine rings is 1. The van der Waals surface area contributed by atoms with Crippen molar-refractivity contribution in [2.75, 3.05) is 33.4 Å². The number of carbonyl (C=O) groups excluding carboxylic acids is 1. The molecule has 4 rings (SSSR count). The van der Waals surface area contributed by atoms with Gasteiger partial charge in [0.2, 0.25) is 11.2 Å². The number of aromatic hydroxyl groups is 1. The van der Waals surface area contributed by atoms with E-state index in [2.05, 4.69) is 14.9 Å². The predicted octanol–water partition coefficient (Wildman–Crippen LogP) is 1.82. The maximum absolute atomic E-state index is 12.5. The average molecular weight is 425 g/mol. The van der Waals surface area contributed by atoms with Crippen LogP contribution in [0.4, 0.5) is 0 Å². The molecule has 1 aromatic carbocycles. The Labute approximate surface area is 178 Å². The second-order valence-electron chi connectivity index (χ2n) is 7.32. The van der Waals surface area contributed by atoms with Gasteiger partial charge in [-0.15, -0.1) is 0 Å². The van der Waals surface area contributed by atoms with Crippen molar-refractivity contribution in [2.45, 2.75) is 18.9 Å². The van der Waals surface area contributed by atoms with Gasteiger partial charge >= 0.3 is 5.97 Å². The molecule has 9 heteroatoms. The molecule has 2 aromatic heterocycles. The Hall–Kier alpha value is -3.30. The Bertz CT molecular complexity index is 1140. The van der Waals surface area contributed by atoms with Gasteiger partial charge in [-0.05, 0) is 17.7 Å². The molecule has 0 spiro atoms. The summed E-state index contributed by atoms with van der Waals surface area (Å²) in [6.07, 6.45) is 3.05. The van der Waals surface area contributed by atoms with E-state index in [1.165, 1.54) is 13.2 Å². The Kier molecular flexibility index (Phi) is 6.24. The van der Waals surface area contributed by atoms with Crippen LogP contribution in [0.5, 0.6) is 5.75 Å². The number of carbonyl (C=O) groups is 1. The largest absolute Gasteiger partial charge is 0.502 e. The number of ether oxygens (including phenoxy) is 2. The summed E-state index contributed by atoms with van der Waals surface area (Å²) in [6, 6.07) is 6.60. The van der Waals surface area contributed by atoms with Gasteiger partial charge in [-0.25, -0.2) is 0 Å². The van der Waals surface area contributed by atoms with Gasteiger partial charge in [0.25, 0.3) is 0 Å². The Balaban J connectivity index is 1.76. The smallest absolute Gasteiger partial charge is 0.306 e. The number of fused-ring (bicyclic) bond motifs is 1. The van der Waals surface area contributed by atoms with Gasteiger partial charge in [0.05, 0.1) is 50.2 Å². The molecule has 0 bridgehead atoms. The van der Waals surface area contributed by atoms with Crippen LogP contribution in [0.15, 0.2) is 45.9 Å². The van der Waals surface area contributed by atoms with E-state index >= 15 is 0 Å². The average Bonchev–Trinajstić information content (AvgIpc) is 2.80. The van der Waals surface area contributed by atoms with Crippen LogP contribution in [-0.4, -0.2) is 59.4 Å². The first-order chi connectivity index (χ1) is 15.0. The second-order valence-corrected chi connectivity index (χ2v) is 7.32. The third kappa shape index (κ3) is 4.73. The van der Waals surface area contributed by atoms with Gasteiger partial charge in [0.15, 0.2) is 5.76 Å². The third-order valence-electron chi connectivity index (χ3n) is 5.29. The number of methoxy groups -OCH3 is 1. The lowest BCUT2D eigenvalue weighted by Gasteiger charge is -2.26. The summed E-state index contributed by atoms with van der Waals surface area (Å²) in [7, 11) is 1.29. The summed E-state index contributed by atoms with van der Waals surface area (Å²) in [5.41, 5.74) is 1.41. The van der Waals surface area contributed by atoms with Crippen molar-refractivity contribution in [3.05, 3.63) is 64.0 Å². The fourth-order valence-corrected chi connectivity index (χ4v) is 3.66. The number of hydrogen-bond donors (Lipinski definition) is 1. The van der Waals surface area contributed by atoms with Crippen molar-refractivity contribution in [2.24, 2.45) is 0 Å². The molecule has 0 amide bonds. The summed E-state index contributed by atoms with van der Waals surface area (Å²) in [5, 5.41) is 10.5. The molecule has 1 atom stereocenters. The van der Waals surface area contributed by atoms with E-state index in [1.54, 1.807) is 30.6 Å². The monoisotopic (exact) mass is 425 g/mol. The van der Waals surface area contributed by atoms with Crippen LogP contribution in [0.1, 0.15) is 29.4 Å². The van der Waals surface area contributed by atoms with Crippen molar-refractivity contribution < 1.29 is 23.8 Å². The summed E-state index contributed by atoms with van der Waals surface area (Å²) in [5.74, 6) is -1.29. The molecule has 3 aromatic rings. The molecule has 1 aliphatic rings. The predicted molar refractivity (Wildman–Crippen MR) is 111 cm³/mol. The maximum atomic E-state index is 12.5. The van der Waals surface area contributed by atoms with Crippen LogP contribution in [-0.2, 0) is 20.8 Å². The van der Waals surface area contributed by atoms with E-state index in [1.807, 2.05) is 0 Å². The molecule has 1 fully saturated rings. The van der Waals surface area contributed by atoms with Crippen molar-refractivity contribution in [1.29, 1.82) is 0 Å². The zero-order chi connectivity index (χ0) is 21.8. The molecule has 162 valence electrons. The van der Waals surface area contributed by atoms with Gasteiger partial charge in [-0.2, -0.15) is 0 Å². The number of esters is 1. The molecule has 31 heavy (non-hydrogen) atoms. The van der Waals surface area contributed by atoms with Crippen LogP contribution >= 0.6 is 0 Å². The highest BCUT2D eigenvalue weighted by Gasteiger charge is 2.27. The van der Waals surface area contributed by atoms with Crippen molar-refractivity contribution in [3.63, 3.8) is 0 Å². The Morgan fingerprint density at radius 1 is 1.19 bits per heavy atom. The van der Waals surface area contributed by atoms with Crippen LogP contribution in [0.3, 0.4) is 0 Å². The van der Waals surface area contributed by atoms with Gasteiger partial charge in [-0.1, -0.05) is 6.07 Å². The summed E-state index contributed by atoms with van der Waals surface area (Å²) in [6.45, 7) is 3.06. The lowest BCUT2D eigenvalue weighted by atomic mass is 9.91. The number of rotatable bonds is 6. The van der Waals surface area contributed by atoms with Crippen molar-refractivity contribution in [1.82, 2.24) is 14.9 Å². The SMILES string of the molecule is COC(=O)C[C@H](c1ccc2nccnc2c1)c1oc(CN2CCOCC2)cc(=O)c1O. The van der Waals surface area contributed by atoms with Crippen molar-refractivity contribution in [3.8, 4) is 5.75 Å². The van der Waals surface area contributed by atoms with E-state index in [0.29, 0.717) is 42.1 Å². The molecule has 0 saturated carbocycles. The molecular weight excluding hydrogens is 402 g/mol. The Morgan fingerprint density at radius 2 is 1.94 bits per heavy atom. The van der Waals surface area contributed by atoms with Gasteiger partial charge in [0, 0.05) is 31.5 Å². The molecule has 1 saturated heterocycles. The van der Waals surface area contributed by atoms with E-state index in [0.717, 1.165) is 13.1 Å². The molecule has 1 aliphatic heterocycles. The fraction of sp³-hybridized carbons (Fsp3) is 0.364. The summed E-state index contributed by atoms with van der Waals surface area (Å²) >= 11 is 0. The molecular formula is C22H23N3O6. The summed E-state index contributed by atoms with van der Waals surface area (Å²) < 4.78 is 16.2.